The van der Waals surface area contributed by atoms with Crippen LogP contribution in [0.4, 0.5) is 0 Å². The second-order valence-corrected chi connectivity index (χ2v) is 6.84. The molecule has 0 saturated carbocycles. The third-order valence-electron chi connectivity index (χ3n) is 3.66. The number of carbonyl (C=O) groups excluding carboxylic acids is 1. The van der Waals surface area contributed by atoms with Crippen molar-refractivity contribution in [3.63, 3.8) is 0 Å². The van der Waals surface area contributed by atoms with E-state index in [0.717, 1.165) is 26.2 Å². The number of hydrogen-bond donors (Lipinski definition) is 0. The molecule has 0 aliphatic carbocycles. The number of carbonyl (C=O) groups is 1. The molecular weight excluding hydrogens is 268 g/mol. The van der Waals surface area contributed by atoms with Crippen molar-refractivity contribution < 1.29 is 4.79 Å². The Balaban J connectivity index is 1.80. The Labute approximate surface area is 125 Å². The number of hydrogen-bond acceptors (Lipinski definition) is 3. The maximum Gasteiger partial charge on any atom is 0.298 e. The van der Waals surface area contributed by atoms with Gasteiger partial charge in [-0.2, -0.15) is 0 Å². The standard InChI is InChI=1S/C16H22N2OS/c1-4-5-16(19)17(3)10-14-8-9-18(11-14)12-15-7-6-13(2)20-15/h6-7,14H,8-12H2,1-3H3. The fraction of sp³-hybridized carbons (Fsp3) is 0.562. The van der Waals surface area contributed by atoms with Crippen molar-refractivity contribution in [3.05, 3.63) is 21.9 Å². The van der Waals surface area contributed by atoms with Crippen LogP contribution < -0.4 is 0 Å². The highest BCUT2D eigenvalue weighted by Crippen LogP contribution is 2.22. The molecule has 1 aromatic heterocycles. The van der Waals surface area contributed by atoms with E-state index in [0.29, 0.717) is 5.92 Å². The van der Waals surface area contributed by atoms with Gasteiger partial charge in [-0.05, 0) is 50.8 Å². The lowest BCUT2D eigenvalue weighted by atomic mass is 10.1. The zero-order chi connectivity index (χ0) is 14.5. The predicted octanol–water partition coefficient (Wildman–Crippen LogP) is 2.36. The van der Waals surface area contributed by atoms with E-state index in [4.69, 9.17) is 0 Å². The summed E-state index contributed by atoms with van der Waals surface area (Å²) in [6, 6.07) is 4.41. The zero-order valence-electron chi connectivity index (χ0n) is 12.5. The predicted molar refractivity (Wildman–Crippen MR) is 83.5 cm³/mol. The quantitative estimate of drug-likeness (QED) is 0.795. The molecule has 1 aliphatic heterocycles. The first-order valence-corrected chi connectivity index (χ1v) is 7.85. The second kappa shape index (κ2) is 6.92. The van der Waals surface area contributed by atoms with Gasteiger partial charge in [0, 0.05) is 36.4 Å². The number of rotatable bonds is 4. The number of aryl methyl sites for hydroxylation is 1. The summed E-state index contributed by atoms with van der Waals surface area (Å²) in [5.41, 5.74) is 0. The normalized spacial score (nSPS) is 18.6. The van der Waals surface area contributed by atoms with Crippen LogP contribution in [0.1, 0.15) is 23.1 Å². The van der Waals surface area contributed by atoms with Crippen molar-refractivity contribution in [1.29, 1.82) is 0 Å². The molecule has 1 amide bonds. The van der Waals surface area contributed by atoms with Gasteiger partial charge >= 0.3 is 0 Å². The van der Waals surface area contributed by atoms with Crippen molar-refractivity contribution in [1.82, 2.24) is 9.80 Å². The van der Waals surface area contributed by atoms with Gasteiger partial charge in [-0.3, -0.25) is 9.69 Å². The van der Waals surface area contributed by atoms with Crippen molar-refractivity contribution >= 4 is 17.2 Å². The average Bonchev–Trinajstić information content (AvgIpc) is 3.00. The Morgan fingerprint density at radius 1 is 1.55 bits per heavy atom. The van der Waals surface area contributed by atoms with Gasteiger partial charge in [0.2, 0.25) is 0 Å². The van der Waals surface area contributed by atoms with E-state index in [1.807, 2.05) is 18.4 Å². The Bertz CT molecular complexity index is 526. The summed E-state index contributed by atoms with van der Waals surface area (Å²) in [7, 11) is 1.85. The molecule has 0 radical (unpaired) electrons. The summed E-state index contributed by atoms with van der Waals surface area (Å²) in [4.78, 5) is 18.7. The molecule has 4 heteroatoms. The summed E-state index contributed by atoms with van der Waals surface area (Å²) in [5, 5.41) is 0. The molecule has 2 rings (SSSR count). The summed E-state index contributed by atoms with van der Waals surface area (Å²) in [6.45, 7) is 7.91. The zero-order valence-corrected chi connectivity index (χ0v) is 13.3. The molecule has 1 atom stereocenters. The van der Waals surface area contributed by atoms with Gasteiger partial charge in [0.1, 0.15) is 0 Å². The molecule has 1 fully saturated rings. The molecule has 0 bridgehead atoms. The Kier molecular flexibility index (Phi) is 5.22. The average molecular weight is 290 g/mol. The maximum atomic E-state index is 11.6. The summed E-state index contributed by atoms with van der Waals surface area (Å²) in [6.07, 6.45) is 1.17. The second-order valence-electron chi connectivity index (χ2n) is 5.46. The number of likely N-dealkylation sites (tertiary alicyclic amines) is 1. The van der Waals surface area contributed by atoms with Crippen LogP contribution in [0.15, 0.2) is 12.1 Å². The highest BCUT2D eigenvalue weighted by Gasteiger charge is 2.24. The molecule has 108 valence electrons. The molecule has 1 unspecified atom stereocenters. The van der Waals surface area contributed by atoms with Gasteiger partial charge in [0.25, 0.3) is 5.91 Å². The first-order chi connectivity index (χ1) is 9.58. The van der Waals surface area contributed by atoms with Gasteiger partial charge in [0.15, 0.2) is 0 Å². The van der Waals surface area contributed by atoms with Gasteiger partial charge in [-0.15, -0.1) is 11.3 Å². The van der Waals surface area contributed by atoms with Crippen molar-refractivity contribution in [2.24, 2.45) is 5.92 Å². The fourth-order valence-electron chi connectivity index (χ4n) is 2.67. The van der Waals surface area contributed by atoms with E-state index in [9.17, 15) is 4.79 Å². The van der Waals surface area contributed by atoms with Crippen LogP contribution in [0.25, 0.3) is 0 Å². The Morgan fingerprint density at radius 2 is 2.35 bits per heavy atom. The lowest BCUT2D eigenvalue weighted by Crippen LogP contribution is -2.32. The topological polar surface area (TPSA) is 23.6 Å². The lowest BCUT2D eigenvalue weighted by Gasteiger charge is -2.19. The third-order valence-corrected chi connectivity index (χ3v) is 4.64. The first kappa shape index (κ1) is 15.1. The summed E-state index contributed by atoms with van der Waals surface area (Å²) < 4.78 is 0. The van der Waals surface area contributed by atoms with E-state index in [1.165, 1.54) is 16.2 Å². The molecule has 20 heavy (non-hydrogen) atoms. The molecule has 0 aromatic carbocycles. The number of nitrogens with zero attached hydrogens (tertiary/aromatic N) is 2. The van der Waals surface area contributed by atoms with E-state index in [1.54, 1.807) is 11.8 Å². The first-order valence-electron chi connectivity index (χ1n) is 7.04. The van der Waals surface area contributed by atoms with Crippen LogP contribution in [0.3, 0.4) is 0 Å². The van der Waals surface area contributed by atoms with Gasteiger partial charge in [0.05, 0.1) is 0 Å². The van der Waals surface area contributed by atoms with Gasteiger partial charge < -0.3 is 4.90 Å². The van der Waals surface area contributed by atoms with E-state index < -0.39 is 0 Å². The molecule has 2 heterocycles. The van der Waals surface area contributed by atoms with Gasteiger partial charge in [-0.25, -0.2) is 0 Å². The SMILES string of the molecule is CC#CC(=O)N(C)CC1CCN(Cc2ccc(C)s2)C1. The van der Waals surface area contributed by atoms with E-state index in [-0.39, 0.29) is 5.91 Å². The molecule has 0 spiro atoms. The fourth-order valence-corrected chi connectivity index (χ4v) is 3.60. The van der Waals surface area contributed by atoms with Crippen molar-refractivity contribution in [2.75, 3.05) is 26.7 Å². The monoisotopic (exact) mass is 290 g/mol. The molecule has 3 nitrogen and oxygen atoms in total. The molecule has 1 aliphatic rings. The van der Waals surface area contributed by atoms with Crippen LogP contribution in [0, 0.1) is 24.7 Å². The van der Waals surface area contributed by atoms with Crippen molar-refractivity contribution in [2.45, 2.75) is 26.8 Å². The highest BCUT2D eigenvalue weighted by molar-refractivity contribution is 7.11. The molecule has 1 saturated heterocycles. The largest absolute Gasteiger partial charge is 0.335 e. The summed E-state index contributed by atoms with van der Waals surface area (Å²) in [5.74, 6) is 5.77. The molecule has 1 aromatic rings. The molecule has 0 N–H and O–H groups in total. The number of thiophene rings is 1. The van der Waals surface area contributed by atoms with Crippen LogP contribution in [-0.4, -0.2) is 42.4 Å². The Hall–Kier alpha value is -1.31. The molecular formula is C16H22N2OS. The van der Waals surface area contributed by atoms with E-state index in [2.05, 4.69) is 35.8 Å². The van der Waals surface area contributed by atoms with Crippen LogP contribution in [0.2, 0.25) is 0 Å². The van der Waals surface area contributed by atoms with Crippen LogP contribution in [-0.2, 0) is 11.3 Å². The van der Waals surface area contributed by atoms with Crippen molar-refractivity contribution in [3.8, 4) is 11.8 Å². The minimum atomic E-state index is -0.0696. The number of amides is 1. The third kappa shape index (κ3) is 4.09. The highest BCUT2D eigenvalue weighted by atomic mass is 32.1. The minimum absolute atomic E-state index is 0.0696. The minimum Gasteiger partial charge on any atom is -0.335 e. The lowest BCUT2D eigenvalue weighted by molar-refractivity contribution is -0.124. The van der Waals surface area contributed by atoms with Crippen LogP contribution in [0.5, 0.6) is 0 Å². The van der Waals surface area contributed by atoms with E-state index >= 15 is 0 Å². The van der Waals surface area contributed by atoms with Gasteiger partial charge in [-0.1, -0.05) is 5.92 Å². The smallest absolute Gasteiger partial charge is 0.298 e. The van der Waals surface area contributed by atoms with Crippen LogP contribution >= 0.6 is 11.3 Å². The maximum absolute atomic E-state index is 11.6. The Morgan fingerprint density at radius 3 is 3.00 bits per heavy atom. The summed E-state index contributed by atoms with van der Waals surface area (Å²) >= 11 is 1.88.